The van der Waals surface area contributed by atoms with Gasteiger partial charge in [-0.05, 0) is 142 Å². The lowest BCUT2D eigenvalue weighted by Gasteiger charge is -2.36. The molecular weight excluding hydrogens is 1280 g/mol. The minimum absolute atomic E-state index is 0.00140. The van der Waals surface area contributed by atoms with Gasteiger partial charge in [0, 0.05) is 84.2 Å². The number of cyclic esters (lactones) is 5. The summed E-state index contributed by atoms with van der Waals surface area (Å²) < 4.78 is 66.4. The smallest absolute Gasteiger partial charge is 0.311 e. The second kappa shape index (κ2) is 30.1. The number of esters is 10. The van der Waals surface area contributed by atoms with Gasteiger partial charge in [-0.1, -0.05) is 62.3 Å². The monoisotopic (exact) mass is 1390 g/mol. The van der Waals surface area contributed by atoms with Crippen LogP contribution < -0.4 is 0 Å². The van der Waals surface area contributed by atoms with E-state index in [0.29, 0.717) is 81.8 Å². The van der Waals surface area contributed by atoms with Crippen molar-refractivity contribution in [3.8, 4) is 0 Å². The Morgan fingerprint density at radius 2 is 0.677 bits per heavy atom. The Morgan fingerprint density at radius 1 is 0.364 bits per heavy atom. The maximum absolute atomic E-state index is 12.5. The molecule has 10 saturated carbocycles. The Kier molecular flexibility index (Phi) is 22.8. The van der Waals surface area contributed by atoms with Crippen molar-refractivity contribution in [1.82, 2.24) is 0 Å². The molecule has 10 bridgehead atoms. The molecule has 5 aliphatic heterocycles. The quantitative estimate of drug-likeness (QED) is 0.0858. The standard InChI is InChI=1S/C17H26O5.C16H24O5.2C15H22O4.C14H20O4/c1-5-17(3,4)16(19)22-14-9-7-10(13(14)20-6-2)12-11(9)8-21-15(12)18;1-4-8(3)15(17)21-14-9-6-10(13(14)19-5-2)12-11(9)7-20-16(12)18;1-4-15(2,3)14(17)19-11-6-8-5-9(11)12-10(8)7-18-13(12)16;1-4-7(2)14(16)19-13-8(3)9-5-10(13)11-6-18-15(17)12(9)11;1-3-7(2)13(15)18-11-5-8-4-9(11)12-10(8)6-17-14(12)16/h9-14H,5-8H2,1-4H3;8-14H,4-7H2,1-3H3;8-12H,4-7H2,1-3H3;7-13H,4-6H2,1-3H3;7-12H,3-6H2,1-2H3. The van der Waals surface area contributed by atoms with E-state index < -0.39 is 10.8 Å². The second-order valence-electron chi connectivity index (χ2n) is 33.3. The summed E-state index contributed by atoms with van der Waals surface area (Å²) in [7, 11) is 0. The molecule has 0 aromatic heterocycles. The van der Waals surface area contributed by atoms with E-state index in [1.807, 2.05) is 96.9 Å². The van der Waals surface area contributed by atoms with Gasteiger partial charge < -0.3 is 56.8 Å². The zero-order valence-electron chi connectivity index (χ0n) is 61.3. The number of carbonyl (C=O) groups excluding carboxylic acids is 10. The van der Waals surface area contributed by atoms with Crippen molar-refractivity contribution in [2.75, 3.05) is 46.2 Å². The number of fused-ring (bicyclic) bond motifs is 25. The summed E-state index contributed by atoms with van der Waals surface area (Å²) in [6, 6.07) is 0. The summed E-state index contributed by atoms with van der Waals surface area (Å²) in [6.45, 7) is 33.0. The average molecular weight is 1390 g/mol. The number of hydrogen-bond acceptors (Lipinski definition) is 22. The van der Waals surface area contributed by atoms with Crippen molar-refractivity contribution in [3.63, 3.8) is 0 Å². The second-order valence-corrected chi connectivity index (χ2v) is 33.3. The third-order valence-electron chi connectivity index (χ3n) is 27.6. The van der Waals surface area contributed by atoms with Gasteiger partial charge in [0.25, 0.3) is 0 Å². The first-order valence-corrected chi connectivity index (χ1v) is 38.2. The molecule has 22 nitrogen and oxygen atoms in total. The Hall–Kier alpha value is -5.38. The van der Waals surface area contributed by atoms with Crippen molar-refractivity contribution in [2.45, 2.75) is 224 Å². The molecule has 99 heavy (non-hydrogen) atoms. The topological polar surface area (TPSA) is 281 Å². The van der Waals surface area contributed by atoms with E-state index >= 15 is 0 Å². The van der Waals surface area contributed by atoms with Gasteiger partial charge in [-0.3, -0.25) is 47.9 Å². The van der Waals surface area contributed by atoms with E-state index in [2.05, 4.69) is 6.92 Å². The first-order chi connectivity index (χ1) is 47.1. The number of hydrogen-bond donors (Lipinski definition) is 0. The van der Waals surface area contributed by atoms with E-state index in [9.17, 15) is 47.9 Å². The van der Waals surface area contributed by atoms with Gasteiger partial charge >= 0.3 is 59.7 Å². The average Bonchev–Trinajstić information content (AvgIpc) is 1.23. The van der Waals surface area contributed by atoms with Crippen LogP contribution >= 0.6 is 0 Å². The lowest BCUT2D eigenvalue weighted by molar-refractivity contribution is -0.176. The minimum atomic E-state index is -0.486. The Balaban J connectivity index is 0.000000125. The summed E-state index contributed by atoms with van der Waals surface area (Å²) in [5.74, 6) is 3.24. The molecule has 554 valence electrons. The molecular formula is C77H114O22. The Labute approximate surface area is 584 Å². The molecule has 15 rings (SSSR count). The van der Waals surface area contributed by atoms with Gasteiger partial charge in [0.2, 0.25) is 0 Å². The third-order valence-corrected chi connectivity index (χ3v) is 27.6. The fourth-order valence-corrected chi connectivity index (χ4v) is 20.4. The van der Waals surface area contributed by atoms with Gasteiger partial charge in [-0.25, -0.2) is 0 Å². The lowest BCUT2D eigenvalue weighted by Crippen LogP contribution is -2.47. The lowest BCUT2D eigenvalue weighted by atomic mass is 9.74. The van der Waals surface area contributed by atoms with E-state index in [1.54, 1.807) is 0 Å². The fraction of sp³-hybridized carbons (Fsp3) is 0.870. The molecule has 15 aliphatic rings. The summed E-state index contributed by atoms with van der Waals surface area (Å²) >= 11 is 0. The minimum Gasteiger partial charge on any atom is -0.465 e. The number of ether oxygens (including phenoxy) is 12. The highest BCUT2D eigenvalue weighted by Gasteiger charge is 2.68. The molecule has 5 saturated heterocycles. The van der Waals surface area contributed by atoms with Crippen LogP contribution in [0.5, 0.6) is 0 Å². The highest BCUT2D eigenvalue weighted by molar-refractivity contribution is 5.81. The molecule has 15 fully saturated rings. The molecule has 31 unspecified atom stereocenters. The molecule has 5 heterocycles. The van der Waals surface area contributed by atoms with E-state index in [0.717, 1.165) is 77.0 Å². The van der Waals surface area contributed by atoms with Crippen LogP contribution in [-0.2, 0) is 105 Å². The molecule has 22 heteroatoms. The maximum atomic E-state index is 12.5. The predicted molar refractivity (Wildman–Crippen MR) is 353 cm³/mol. The van der Waals surface area contributed by atoms with Gasteiger partial charge in [-0.2, -0.15) is 0 Å². The highest BCUT2D eigenvalue weighted by Crippen LogP contribution is 2.62. The Bertz CT molecular complexity index is 3010. The van der Waals surface area contributed by atoms with E-state index in [1.165, 1.54) is 0 Å². The molecule has 0 spiro atoms. The maximum Gasteiger partial charge on any atom is 0.311 e. The number of carbonyl (C=O) groups is 10. The highest BCUT2D eigenvalue weighted by atomic mass is 16.6. The van der Waals surface area contributed by atoms with Crippen molar-refractivity contribution in [2.24, 2.45) is 153 Å². The van der Waals surface area contributed by atoms with Crippen LogP contribution in [0.2, 0.25) is 0 Å². The molecule has 0 amide bonds. The van der Waals surface area contributed by atoms with Crippen molar-refractivity contribution < 1.29 is 105 Å². The summed E-state index contributed by atoms with van der Waals surface area (Å²) in [5.41, 5.74) is -0.919. The summed E-state index contributed by atoms with van der Waals surface area (Å²) in [5, 5.41) is 0. The Morgan fingerprint density at radius 3 is 1.06 bits per heavy atom. The number of rotatable bonds is 19. The summed E-state index contributed by atoms with van der Waals surface area (Å²) in [6.07, 6.45) is 9.68. The molecule has 0 aromatic rings. The van der Waals surface area contributed by atoms with E-state index in [-0.39, 0.29) is 209 Å². The van der Waals surface area contributed by atoms with Gasteiger partial charge in [0.05, 0.1) is 103 Å². The van der Waals surface area contributed by atoms with Gasteiger partial charge in [-0.15, -0.1) is 0 Å². The van der Waals surface area contributed by atoms with Crippen LogP contribution in [0.15, 0.2) is 0 Å². The van der Waals surface area contributed by atoms with Crippen LogP contribution in [0.3, 0.4) is 0 Å². The molecule has 0 radical (unpaired) electrons. The van der Waals surface area contributed by atoms with Crippen molar-refractivity contribution in [1.29, 1.82) is 0 Å². The zero-order valence-corrected chi connectivity index (χ0v) is 61.3. The predicted octanol–water partition coefficient (Wildman–Crippen LogP) is 9.92. The van der Waals surface area contributed by atoms with Crippen LogP contribution in [0.1, 0.15) is 181 Å². The van der Waals surface area contributed by atoms with Crippen LogP contribution in [0.4, 0.5) is 0 Å². The molecule has 0 aromatic carbocycles. The summed E-state index contributed by atoms with van der Waals surface area (Å²) in [4.78, 5) is 120. The zero-order chi connectivity index (χ0) is 71.6. The van der Waals surface area contributed by atoms with Crippen LogP contribution in [0, 0.1) is 153 Å². The normalized spacial score (nSPS) is 41.7. The van der Waals surface area contributed by atoms with Crippen molar-refractivity contribution >= 4 is 59.7 Å². The van der Waals surface area contributed by atoms with Gasteiger partial charge in [0.1, 0.15) is 30.5 Å². The van der Waals surface area contributed by atoms with Gasteiger partial charge in [0.15, 0.2) is 0 Å². The largest absolute Gasteiger partial charge is 0.465 e. The SMILES string of the molecule is CCC(C)(C)C(=O)OC1CC2CC1C1C(=O)OCC21.CCC(C)C(=O)OC1C(C)C2CC1C1COC(=O)C21.CCC(C)C(=O)OC1CC2CC1C1C(=O)OCC21.CCOC1C2CC(C3COC(=O)C32)C1OC(=O)C(C)(C)CC.CCOC1C2CC(C3COC(=O)C32)C1OC(=O)C(C)CC. The third kappa shape index (κ3) is 13.9. The van der Waals surface area contributed by atoms with E-state index in [4.69, 9.17) is 56.8 Å². The molecule has 31 atom stereocenters. The molecule has 0 N–H and O–H groups in total. The fourth-order valence-electron chi connectivity index (χ4n) is 20.4. The molecule has 10 aliphatic carbocycles. The first-order valence-electron chi connectivity index (χ1n) is 38.2. The first kappa shape index (κ1) is 74.8. The van der Waals surface area contributed by atoms with Crippen LogP contribution in [-0.4, -0.2) is 149 Å². The van der Waals surface area contributed by atoms with Crippen LogP contribution in [0.25, 0.3) is 0 Å². The van der Waals surface area contributed by atoms with Crippen molar-refractivity contribution in [3.05, 3.63) is 0 Å².